The van der Waals surface area contributed by atoms with E-state index in [0.717, 1.165) is 6.54 Å². The number of rotatable bonds is 5. The molecule has 0 saturated carbocycles. The molecule has 0 rings (SSSR count). The van der Waals surface area contributed by atoms with Crippen LogP contribution in [0.5, 0.6) is 0 Å². The van der Waals surface area contributed by atoms with Crippen molar-refractivity contribution in [3.63, 3.8) is 0 Å². The first-order valence-corrected chi connectivity index (χ1v) is 4.04. The van der Waals surface area contributed by atoms with Gasteiger partial charge in [-0.1, -0.05) is 25.5 Å². The first-order chi connectivity index (χ1) is 4.66. The van der Waals surface area contributed by atoms with Crippen LogP contribution >= 0.6 is 0 Å². The first kappa shape index (κ1) is 9.70. The molecular weight excluding hydrogens is 122 g/mol. The topological polar surface area (TPSA) is 12.0 Å². The summed E-state index contributed by atoms with van der Waals surface area (Å²) in [7, 11) is 0. The second-order valence-electron chi connectivity index (χ2n) is 3.03. The van der Waals surface area contributed by atoms with Crippen LogP contribution in [0.4, 0.5) is 0 Å². The van der Waals surface area contributed by atoms with Crippen molar-refractivity contribution < 1.29 is 0 Å². The van der Waals surface area contributed by atoms with Gasteiger partial charge in [-0.05, 0) is 20.3 Å². The highest BCUT2D eigenvalue weighted by atomic mass is 14.9. The van der Waals surface area contributed by atoms with E-state index >= 15 is 0 Å². The van der Waals surface area contributed by atoms with Crippen LogP contribution in [-0.4, -0.2) is 12.6 Å². The number of hydrogen-bond donors (Lipinski definition) is 1. The van der Waals surface area contributed by atoms with Gasteiger partial charge >= 0.3 is 0 Å². The predicted octanol–water partition coefficient (Wildman–Crippen LogP) is 2.34. The van der Waals surface area contributed by atoms with Gasteiger partial charge in [-0.3, -0.25) is 0 Å². The highest BCUT2D eigenvalue weighted by Gasteiger charge is 1.96. The van der Waals surface area contributed by atoms with Crippen LogP contribution in [-0.2, 0) is 0 Å². The zero-order valence-electron chi connectivity index (χ0n) is 7.41. The molecule has 1 nitrogen and oxygen atoms in total. The second kappa shape index (κ2) is 5.48. The van der Waals surface area contributed by atoms with Crippen LogP contribution in [0.15, 0.2) is 12.2 Å². The summed E-state index contributed by atoms with van der Waals surface area (Å²) in [5.41, 5.74) is 1.21. The fourth-order valence-electron chi connectivity index (χ4n) is 0.884. The van der Waals surface area contributed by atoms with Gasteiger partial charge in [-0.2, -0.15) is 0 Å². The Bertz CT molecular complexity index is 96.9. The summed E-state index contributed by atoms with van der Waals surface area (Å²) in [6.07, 6.45) is 2.51. The van der Waals surface area contributed by atoms with Crippen LogP contribution in [0.25, 0.3) is 0 Å². The van der Waals surface area contributed by atoms with Gasteiger partial charge in [0, 0.05) is 12.6 Å². The van der Waals surface area contributed by atoms with Crippen molar-refractivity contribution in [2.24, 2.45) is 0 Å². The summed E-state index contributed by atoms with van der Waals surface area (Å²) >= 11 is 0. The lowest BCUT2D eigenvalue weighted by molar-refractivity contribution is 0.530. The zero-order valence-corrected chi connectivity index (χ0v) is 7.41. The van der Waals surface area contributed by atoms with Crippen LogP contribution in [0, 0.1) is 0 Å². The van der Waals surface area contributed by atoms with Gasteiger partial charge in [-0.15, -0.1) is 0 Å². The summed E-state index contributed by atoms with van der Waals surface area (Å²) in [6.45, 7) is 11.3. The van der Waals surface area contributed by atoms with E-state index in [0.29, 0.717) is 6.04 Å². The van der Waals surface area contributed by atoms with Gasteiger partial charge < -0.3 is 5.32 Å². The van der Waals surface area contributed by atoms with Crippen molar-refractivity contribution >= 4 is 0 Å². The molecular formula is C9H19N. The normalized spacial score (nSPS) is 13.1. The molecule has 0 fully saturated rings. The molecule has 0 bridgehead atoms. The Hall–Kier alpha value is -0.300. The molecule has 1 N–H and O–H groups in total. The molecule has 1 heteroatoms. The summed E-state index contributed by atoms with van der Waals surface area (Å²) in [5, 5.41) is 3.38. The lowest BCUT2D eigenvalue weighted by Crippen LogP contribution is -2.26. The molecule has 0 aliphatic carbocycles. The fourth-order valence-corrected chi connectivity index (χ4v) is 0.884. The zero-order chi connectivity index (χ0) is 7.98. The highest BCUT2D eigenvalue weighted by Crippen LogP contribution is 1.95. The van der Waals surface area contributed by atoms with Crippen molar-refractivity contribution in [1.82, 2.24) is 5.32 Å². The smallest absolute Gasteiger partial charge is 0.0161 e. The van der Waals surface area contributed by atoms with Gasteiger partial charge in [0.1, 0.15) is 0 Å². The maximum absolute atomic E-state index is 3.82. The highest BCUT2D eigenvalue weighted by molar-refractivity contribution is 4.91. The standard InChI is InChI=1S/C9H19N/c1-5-6-9(4)10-7-8(2)3/h9-10H,2,5-7H2,1,3-4H3. The Labute approximate surface area is 64.5 Å². The molecule has 0 saturated heterocycles. The van der Waals surface area contributed by atoms with Crippen molar-refractivity contribution in [1.29, 1.82) is 0 Å². The largest absolute Gasteiger partial charge is 0.311 e. The van der Waals surface area contributed by atoms with Crippen LogP contribution in [0.2, 0.25) is 0 Å². The SMILES string of the molecule is C=C(C)CNC(C)CCC. The molecule has 0 spiro atoms. The van der Waals surface area contributed by atoms with Crippen molar-refractivity contribution in [3.8, 4) is 0 Å². The van der Waals surface area contributed by atoms with Crippen LogP contribution in [0.3, 0.4) is 0 Å². The molecule has 0 aromatic heterocycles. The lowest BCUT2D eigenvalue weighted by Gasteiger charge is -2.11. The van der Waals surface area contributed by atoms with Gasteiger partial charge in [0.15, 0.2) is 0 Å². The third-order valence-corrected chi connectivity index (χ3v) is 1.47. The van der Waals surface area contributed by atoms with E-state index in [1.807, 2.05) is 6.92 Å². The number of hydrogen-bond acceptors (Lipinski definition) is 1. The quantitative estimate of drug-likeness (QED) is 0.579. The lowest BCUT2D eigenvalue weighted by atomic mass is 10.2. The Balaban J connectivity index is 3.21. The van der Waals surface area contributed by atoms with Gasteiger partial charge in [0.05, 0.1) is 0 Å². The van der Waals surface area contributed by atoms with Crippen molar-refractivity contribution in [2.75, 3.05) is 6.54 Å². The molecule has 0 aliphatic heterocycles. The minimum atomic E-state index is 0.640. The first-order valence-electron chi connectivity index (χ1n) is 4.04. The molecule has 0 heterocycles. The van der Waals surface area contributed by atoms with Crippen molar-refractivity contribution in [3.05, 3.63) is 12.2 Å². The molecule has 60 valence electrons. The van der Waals surface area contributed by atoms with E-state index in [4.69, 9.17) is 0 Å². The summed E-state index contributed by atoms with van der Waals surface area (Å²) in [6, 6.07) is 0.640. The Kier molecular flexibility index (Phi) is 5.32. The van der Waals surface area contributed by atoms with Gasteiger partial charge in [-0.25, -0.2) is 0 Å². The minimum Gasteiger partial charge on any atom is -0.311 e. The molecule has 1 unspecified atom stereocenters. The van der Waals surface area contributed by atoms with Crippen molar-refractivity contribution in [2.45, 2.75) is 39.7 Å². The molecule has 10 heavy (non-hydrogen) atoms. The van der Waals surface area contributed by atoms with Gasteiger partial charge in [0.25, 0.3) is 0 Å². The van der Waals surface area contributed by atoms with E-state index in [9.17, 15) is 0 Å². The summed E-state index contributed by atoms with van der Waals surface area (Å²) < 4.78 is 0. The van der Waals surface area contributed by atoms with Crippen LogP contribution < -0.4 is 5.32 Å². The predicted molar refractivity (Wildman–Crippen MR) is 47.2 cm³/mol. The van der Waals surface area contributed by atoms with E-state index in [2.05, 4.69) is 25.7 Å². The molecule has 0 radical (unpaired) electrons. The second-order valence-corrected chi connectivity index (χ2v) is 3.03. The summed E-state index contributed by atoms with van der Waals surface area (Å²) in [5.74, 6) is 0. The molecule has 1 atom stereocenters. The van der Waals surface area contributed by atoms with E-state index in [1.54, 1.807) is 0 Å². The molecule has 0 aromatic carbocycles. The maximum Gasteiger partial charge on any atom is 0.0161 e. The Morgan fingerprint density at radius 2 is 2.20 bits per heavy atom. The molecule has 0 aromatic rings. The molecule has 0 aliphatic rings. The average molecular weight is 141 g/mol. The fraction of sp³-hybridized carbons (Fsp3) is 0.778. The minimum absolute atomic E-state index is 0.640. The summed E-state index contributed by atoms with van der Waals surface area (Å²) in [4.78, 5) is 0. The maximum atomic E-state index is 3.82. The monoisotopic (exact) mass is 141 g/mol. The number of nitrogens with one attached hydrogen (secondary N) is 1. The van der Waals surface area contributed by atoms with Gasteiger partial charge in [0.2, 0.25) is 0 Å². The van der Waals surface area contributed by atoms with E-state index in [1.165, 1.54) is 18.4 Å². The van der Waals surface area contributed by atoms with E-state index < -0.39 is 0 Å². The third kappa shape index (κ3) is 5.83. The average Bonchev–Trinajstić information content (AvgIpc) is 1.85. The van der Waals surface area contributed by atoms with Crippen LogP contribution in [0.1, 0.15) is 33.6 Å². The Morgan fingerprint density at radius 3 is 2.60 bits per heavy atom. The third-order valence-electron chi connectivity index (χ3n) is 1.47. The Morgan fingerprint density at radius 1 is 1.60 bits per heavy atom. The van der Waals surface area contributed by atoms with E-state index in [-0.39, 0.29) is 0 Å². The molecule has 0 amide bonds.